The van der Waals surface area contributed by atoms with E-state index in [-0.39, 0.29) is 6.41 Å². The molecule has 10 nitrogen and oxygen atoms in total. The van der Waals surface area contributed by atoms with Crippen molar-refractivity contribution in [2.45, 2.75) is 24.5 Å². The molecule has 0 aromatic rings. The number of aliphatic hydroxyl groups is 3. The molecule has 1 saturated heterocycles. The van der Waals surface area contributed by atoms with Crippen LogP contribution in [0.3, 0.4) is 0 Å². The van der Waals surface area contributed by atoms with Gasteiger partial charge in [-0.3, -0.25) is 4.79 Å². The first-order valence-electron chi connectivity index (χ1n) is 4.92. The summed E-state index contributed by atoms with van der Waals surface area (Å²) in [6, 6.07) is -1.15. The Hall–Kier alpha value is -1.75. The van der Waals surface area contributed by atoms with E-state index in [0.29, 0.717) is 4.90 Å². The SMILES string of the molecule is NC(=O)N(C=O)C(N)=NC1O[C@H](CO)[C@@H](O)[C@H]1O. The number of aliphatic hydroxyl groups excluding tert-OH is 3. The van der Waals surface area contributed by atoms with Gasteiger partial charge in [0.1, 0.15) is 18.3 Å². The van der Waals surface area contributed by atoms with Crippen LogP contribution >= 0.6 is 0 Å². The maximum Gasteiger partial charge on any atom is 0.328 e. The van der Waals surface area contributed by atoms with E-state index in [4.69, 9.17) is 21.3 Å². The van der Waals surface area contributed by atoms with Crippen molar-refractivity contribution in [2.75, 3.05) is 6.61 Å². The summed E-state index contributed by atoms with van der Waals surface area (Å²) in [5.41, 5.74) is 10.2. The van der Waals surface area contributed by atoms with Gasteiger partial charge in [-0.2, -0.15) is 0 Å². The number of imide groups is 1. The molecule has 1 aliphatic heterocycles. The van der Waals surface area contributed by atoms with Crippen molar-refractivity contribution in [1.82, 2.24) is 4.90 Å². The van der Waals surface area contributed by atoms with Crippen LogP contribution in [0.25, 0.3) is 0 Å². The number of primary amides is 1. The van der Waals surface area contributed by atoms with Crippen molar-refractivity contribution in [3.05, 3.63) is 0 Å². The molecule has 0 aromatic heterocycles. The third-order valence-corrected chi connectivity index (χ3v) is 2.37. The van der Waals surface area contributed by atoms with Gasteiger partial charge in [-0.05, 0) is 0 Å². The molecule has 1 heterocycles. The van der Waals surface area contributed by atoms with Gasteiger partial charge in [0.25, 0.3) is 0 Å². The molecule has 18 heavy (non-hydrogen) atoms. The molecule has 1 unspecified atom stereocenters. The summed E-state index contributed by atoms with van der Waals surface area (Å²) in [6.07, 6.45) is -5.08. The number of hydrogen-bond acceptors (Lipinski definition) is 7. The molecule has 0 spiro atoms. The number of rotatable bonds is 3. The van der Waals surface area contributed by atoms with Crippen LogP contribution in [0.15, 0.2) is 4.99 Å². The highest BCUT2D eigenvalue weighted by Gasteiger charge is 2.42. The molecule has 7 N–H and O–H groups in total. The first-order chi connectivity index (χ1) is 8.42. The third-order valence-electron chi connectivity index (χ3n) is 2.37. The van der Waals surface area contributed by atoms with Crippen molar-refractivity contribution in [2.24, 2.45) is 16.5 Å². The Morgan fingerprint density at radius 1 is 1.39 bits per heavy atom. The lowest BCUT2D eigenvalue weighted by Gasteiger charge is -2.15. The van der Waals surface area contributed by atoms with E-state index in [1.165, 1.54) is 0 Å². The van der Waals surface area contributed by atoms with Gasteiger partial charge in [0.2, 0.25) is 12.4 Å². The quantitative estimate of drug-likeness (QED) is 0.197. The Kier molecular flexibility index (Phi) is 4.55. The summed E-state index contributed by atoms with van der Waals surface area (Å²) < 4.78 is 4.97. The minimum atomic E-state index is -1.44. The van der Waals surface area contributed by atoms with Crippen molar-refractivity contribution in [3.8, 4) is 0 Å². The van der Waals surface area contributed by atoms with Crippen molar-refractivity contribution < 1.29 is 29.6 Å². The minimum Gasteiger partial charge on any atom is -0.394 e. The summed E-state index contributed by atoms with van der Waals surface area (Å²) in [6.45, 7) is -0.530. The fourth-order valence-electron chi connectivity index (χ4n) is 1.40. The summed E-state index contributed by atoms with van der Waals surface area (Å²) in [4.78, 5) is 25.1. The number of carbonyl (C=O) groups is 2. The Morgan fingerprint density at radius 2 is 2.00 bits per heavy atom. The van der Waals surface area contributed by atoms with Crippen molar-refractivity contribution >= 4 is 18.4 Å². The number of hydrogen-bond donors (Lipinski definition) is 5. The van der Waals surface area contributed by atoms with Crippen LogP contribution in [-0.4, -0.2) is 69.8 Å². The Labute approximate surface area is 101 Å². The van der Waals surface area contributed by atoms with E-state index in [1.54, 1.807) is 0 Å². The molecule has 4 atom stereocenters. The maximum atomic E-state index is 10.8. The highest BCUT2D eigenvalue weighted by atomic mass is 16.6. The number of nitrogens with zero attached hydrogens (tertiary/aromatic N) is 2. The molecular weight excluding hydrogens is 248 g/mol. The molecule has 3 amide bonds. The first-order valence-corrected chi connectivity index (χ1v) is 4.92. The molecule has 1 fully saturated rings. The van der Waals surface area contributed by atoms with Gasteiger partial charge in [0.05, 0.1) is 6.61 Å². The summed E-state index contributed by atoms with van der Waals surface area (Å²) in [5.74, 6) is -0.590. The number of carbonyl (C=O) groups excluding carboxylic acids is 2. The third kappa shape index (κ3) is 2.73. The van der Waals surface area contributed by atoms with E-state index in [9.17, 15) is 19.8 Å². The minimum absolute atomic E-state index is 0.0441. The number of urea groups is 1. The zero-order valence-corrected chi connectivity index (χ0v) is 9.21. The smallest absolute Gasteiger partial charge is 0.328 e. The zero-order valence-electron chi connectivity index (χ0n) is 9.21. The standard InChI is InChI=1S/C8H14N4O6/c9-7(12(2-14)8(10)17)11-6-5(16)4(15)3(1-13)18-6/h2-6,13,15-16H,1H2,(H2,9,11)(H2,10,17)/t3-,4-,5-,6?/m1/s1. The molecule has 0 radical (unpaired) electrons. The summed E-state index contributed by atoms with van der Waals surface area (Å²) in [5, 5.41) is 27.8. The average molecular weight is 262 g/mol. The molecule has 10 heteroatoms. The lowest BCUT2D eigenvalue weighted by molar-refractivity contribution is -0.113. The molecule has 1 rings (SSSR count). The molecule has 1 aliphatic rings. The fraction of sp³-hybridized carbons (Fsp3) is 0.625. The van der Waals surface area contributed by atoms with E-state index in [0.717, 1.165) is 0 Å². The topological polar surface area (TPSA) is 172 Å². The van der Waals surface area contributed by atoms with Crippen LogP contribution < -0.4 is 11.5 Å². The fourth-order valence-corrected chi connectivity index (χ4v) is 1.40. The van der Waals surface area contributed by atoms with Crippen molar-refractivity contribution in [1.29, 1.82) is 0 Å². The van der Waals surface area contributed by atoms with Crippen LogP contribution in [0.2, 0.25) is 0 Å². The van der Waals surface area contributed by atoms with Gasteiger partial charge < -0.3 is 31.5 Å². The molecule has 102 valence electrons. The number of guanidine groups is 1. The highest BCUT2D eigenvalue weighted by Crippen LogP contribution is 2.21. The predicted molar refractivity (Wildman–Crippen MR) is 56.9 cm³/mol. The summed E-state index contributed by atoms with van der Waals surface area (Å²) in [7, 11) is 0. The highest BCUT2D eigenvalue weighted by molar-refractivity contribution is 6.04. The maximum absolute atomic E-state index is 10.8. The van der Waals surface area contributed by atoms with Crippen LogP contribution in [0, 0.1) is 0 Å². The molecule has 0 aliphatic carbocycles. The van der Waals surface area contributed by atoms with Crippen LogP contribution in [0.5, 0.6) is 0 Å². The number of nitrogens with two attached hydrogens (primary N) is 2. The lowest BCUT2D eigenvalue weighted by atomic mass is 10.1. The zero-order chi connectivity index (χ0) is 13.9. The van der Waals surface area contributed by atoms with Crippen LogP contribution in [0.4, 0.5) is 4.79 Å². The lowest BCUT2D eigenvalue weighted by Crippen LogP contribution is -2.45. The second-order valence-electron chi connectivity index (χ2n) is 3.53. The monoisotopic (exact) mass is 262 g/mol. The normalized spacial score (nSPS) is 32.3. The van der Waals surface area contributed by atoms with E-state index < -0.39 is 43.1 Å². The van der Waals surface area contributed by atoms with E-state index >= 15 is 0 Å². The van der Waals surface area contributed by atoms with E-state index in [2.05, 4.69) is 4.99 Å². The number of aliphatic imine (C=N–C) groups is 1. The van der Waals surface area contributed by atoms with Gasteiger partial charge in [-0.15, -0.1) is 0 Å². The Morgan fingerprint density at radius 3 is 2.39 bits per heavy atom. The number of amides is 3. The van der Waals surface area contributed by atoms with Gasteiger partial charge >= 0.3 is 6.03 Å². The first kappa shape index (κ1) is 14.3. The second kappa shape index (κ2) is 5.73. The van der Waals surface area contributed by atoms with Gasteiger partial charge in [0, 0.05) is 0 Å². The molecular formula is C8H14N4O6. The largest absolute Gasteiger partial charge is 0.394 e. The Bertz CT molecular complexity index is 361. The predicted octanol–water partition coefficient (Wildman–Crippen LogP) is -3.72. The van der Waals surface area contributed by atoms with Crippen molar-refractivity contribution in [3.63, 3.8) is 0 Å². The van der Waals surface area contributed by atoms with Crippen LogP contribution in [0.1, 0.15) is 0 Å². The van der Waals surface area contributed by atoms with Gasteiger partial charge in [0.15, 0.2) is 6.23 Å². The molecule has 0 aromatic carbocycles. The van der Waals surface area contributed by atoms with E-state index in [1.807, 2.05) is 0 Å². The van der Waals surface area contributed by atoms with Gasteiger partial charge in [-0.1, -0.05) is 0 Å². The average Bonchev–Trinajstić information content (AvgIpc) is 2.57. The molecule has 0 bridgehead atoms. The molecule has 0 saturated carbocycles. The second-order valence-corrected chi connectivity index (χ2v) is 3.53. The van der Waals surface area contributed by atoms with Crippen LogP contribution in [-0.2, 0) is 9.53 Å². The Balaban J connectivity index is 2.83. The van der Waals surface area contributed by atoms with Gasteiger partial charge in [-0.25, -0.2) is 14.7 Å². The number of ether oxygens (including phenoxy) is 1. The summed E-state index contributed by atoms with van der Waals surface area (Å²) >= 11 is 0.